The Morgan fingerprint density at radius 2 is 1.80 bits per heavy atom. The third kappa shape index (κ3) is 4.87. The Hall–Kier alpha value is -2.74. The lowest BCUT2D eigenvalue weighted by Crippen LogP contribution is -2.21. The number of phenolic OH excluding ortho intramolecular Hbond substituents is 1. The van der Waals surface area contributed by atoms with Crippen molar-refractivity contribution in [2.45, 2.75) is 0 Å². The molecule has 0 saturated carbocycles. The van der Waals surface area contributed by atoms with Gasteiger partial charge in [-0.2, -0.15) is 0 Å². The Kier molecular flexibility index (Phi) is 6.24. The molecule has 7 nitrogen and oxygen atoms in total. The van der Waals surface area contributed by atoms with Gasteiger partial charge in [-0.15, -0.1) is 0 Å². The van der Waals surface area contributed by atoms with Crippen molar-refractivity contribution in [3.63, 3.8) is 0 Å². The molecule has 0 aliphatic heterocycles. The molecule has 2 N–H and O–H groups in total. The number of amides is 1. The minimum absolute atomic E-state index is 0.0340. The summed E-state index contributed by atoms with van der Waals surface area (Å²) in [6, 6.07) is 9.18. The molecule has 0 bridgehead atoms. The maximum atomic E-state index is 11.9. The molecule has 0 radical (unpaired) electrons. The number of esters is 1. The zero-order valence-electron chi connectivity index (χ0n) is 13.5. The predicted molar refractivity (Wildman–Crippen MR) is 94.3 cm³/mol. The molecule has 0 aliphatic rings. The summed E-state index contributed by atoms with van der Waals surface area (Å²) < 4.78 is 15.8. The number of rotatable bonds is 6. The highest BCUT2D eigenvalue weighted by molar-refractivity contribution is 9.10. The summed E-state index contributed by atoms with van der Waals surface area (Å²) in [5.74, 6) is -0.585. The highest BCUT2D eigenvalue weighted by Gasteiger charge is 2.15. The summed E-state index contributed by atoms with van der Waals surface area (Å²) in [4.78, 5) is 23.9. The molecule has 0 saturated heterocycles. The SMILES string of the molecule is COc1ccc(NC(=O)COC(=O)c2cc(Br)ccc2O)cc1OC. The smallest absolute Gasteiger partial charge is 0.342 e. The van der Waals surface area contributed by atoms with Crippen LogP contribution in [0, 0.1) is 0 Å². The van der Waals surface area contributed by atoms with Gasteiger partial charge in [0, 0.05) is 16.2 Å². The minimum atomic E-state index is -0.804. The van der Waals surface area contributed by atoms with Gasteiger partial charge in [0.05, 0.1) is 14.2 Å². The number of benzene rings is 2. The first-order valence-electron chi connectivity index (χ1n) is 7.12. The number of anilines is 1. The van der Waals surface area contributed by atoms with Gasteiger partial charge < -0.3 is 24.6 Å². The Bertz CT molecular complexity index is 793. The number of methoxy groups -OCH3 is 2. The Balaban J connectivity index is 1.96. The second kappa shape index (κ2) is 8.39. The van der Waals surface area contributed by atoms with E-state index in [4.69, 9.17) is 14.2 Å². The van der Waals surface area contributed by atoms with E-state index in [0.717, 1.165) is 0 Å². The van der Waals surface area contributed by atoms with Crippen molar-refractivity contribution in [1.82, 2.24) is 0 Å². The highest BCUT2D eigenvalue weighted by atomic mass is 79.9. The number of nitrogens with one attached hydrogen (secondary N) is 1. The Morgan fingerprint density at radius 1 is 1.08 bits per heavy atom. The number of ether oxygens (including phenoxy) is 3. The van der Waals surface area contributed by atoms with Crippen molar-refractivity contribution >= 4 is 33.5 Å². The summed E-state index contributed by atoms with van der Waals surface area (Å²) in [5, 5.41) is 12.2. The lowest BCUT2D eigenvalue weighted by Gasteiger charge is -2.11. The molecule has 2 rings (SSSR count). The van der Waals surface area contributed by atoms with E-state index in [1.165, 1.54) is 26.4 Å². The fourth-order valence-electron chi connectivity index (χ4n) is 1.99. The summed E-state index contributed by atoms with van der Waals surface area (Å²) in [6.07, 6.45) is 0. The van der Waals surface area contributed by atoms with Crippen LogP contribution in [-0.2, 0) is 9.53 Å². The molecule has 2 aromatic carbocycles. The largest absolute Gasteiger partial charge is 0.507 e. The normalized spacial score (nSPS) is 10.0. The summed E-state index contributed by atoms with van der Waals surface area (Å²) in [5.41, 5.74) is 0.428. The second-order valence-electron chi connectivity index (χ2n) is 4.86. The van der Waals surface area contributed by atoms with Gasteiger partial charge in [0.1, 0.15) is 11.3 Å². The first kappa shape index (κ1) is 18.6. The van der Waals surface area contributed by atoms with E-state index >= 15 is 0 Å². The number of carbonyl (C=O) groups is 2. The molecule has 25 heavy (non-hydrogen) atoms. The van der Waals surface area contributed by atoms with Crippen LogP contribution in [0.2, 0.25) is 0 Å². The van der Waals surface area contributed by atoms with Gasteiger partial charge in [0.2, 0.25) is 0 Å². The summed E-state index contributed by atoms with van der Waals surface area (Å²) in [6.45, 7) is -0.501. The molecule has 0 aromatic heterocycles. The van der Waals surface area contributed by atoms with Crippen LogP contribution in [0.25, 0.3) is 0 Å². The van der Waals surface area contributed by atoms with E-state index in [0.29, 0.717) is 21.7 Å². The fraction of sp³-hybridized carbons (Fsp3) is 0.176. The van der Waals surface area contributed by atoms with Crippen LogP contribution in [0.4, 0.5) is 5.69 Å². The molecule has 132 valence electrons. The molecule has 1 amide bonds. The second-order valence-corrected chi connectivity index (χ2v) is 5.77. The van der Waals surface area contributed by atoms with E-state index in [2.05, 4.69) is 21.2 Å². The molecule has 0 heterocycles. The number of aromatic hydroxyl groups is 1. The van der Waals surface area contributed by atoms with Crippen LogP contribution < -0.4 is 14.8 Å². The molecular formula is C17H16BrNO6. The number of hydrogen-bond donors (Lipinski definition) is 2. The molecule has 0 aliphatic carbocycles. The van der Waals surface area contributed by atoms with Gasteiger partial charge >= 0.3 is 5.97 Å². The average molecular weight is 410 g/mol. The first-order chi connectivity index (χ1) is 11.9. The molecule has 8 heteroatoms. The van der Waals surface area contributed by atoms with Crippen LogP contribution in [-0.4, -0.2) is 37.8 Å². The van der Waals surface area contributed by atoms with Crippen LogP contribution in [0.5, 0.6) is 17.2 Å². The van der Waals surface area contributed by atoms with E-state index < -0.39 is 18.5 Å². The van der Waals surface area contributed by atoms with Crippen LogP contribution in [0.3, 0.4) is 0 Å². The van der Waals surface area contributed by atoms with Gasteiger partial charge in [0.25, 0.3) is 5.91 Å². The first-order valence-corrected chi connectivity index (χ1v) is 7.91. The van der Waals surface area contributed by atoms with E-state index in [-0.39, 0.29) is 11.3 Å². The van der Waals surface area contributed by atoms with Gasteiger partial charge in [-0.05, 0) is 30.3 Å². The summed E-state index contributed by atoms with van der Waals surface area (Å²) >= 11 is 3.19. The third-order valence-electron chi connectivity index (χ3n) is 3.18. The minimum Gasteiger partial charge on any atom is -0.507 e. The Labute approximate surface area is 152 Å². The lowest BCUT2D eigenvalue weighted by atomic mass is 10.2. The highest BCUT2D eigenvalue weighted by Crippen LogP contribution is 2.29. The summed E-state index contributed by atoms with van der Waals surface area (Å²) in [7, 11) is 2.99. The zero-order chi connectivity index (χ0) is 18.4. The van der Waals surface area contributed by atoms with Crippen molar-refractivity contribution in [1.29, 1.82) is 0 Å². The van der Waals surface area contributed by atoms with Crippen LogP contribution in [0.15, 0.2) is 40.9 Å². The number of carbonyl (C=O) groups excluding carboxylic acids is 2. The molecule has 2 aromatic rings. The molecule has 0 fully saturated rings. The van der Waals surface area contributed by atoms with Gasteiger partial charge in [-0.25, -0.2) is 4.79 Å². The lowest BCUT2D eigenvalue weighted by molar-refractivity contribution is -0.119. The fourth-order valence-corrected chi connectivity index (χ4v) is 2.35. The predicted octanol–water partition coefficient (Wildman–Crippen LogP) is 2.97. The van der Waals surface area contributed by atoms with Crippen molar-refractivity contribution < 1.29 is 28.9 Å². The van der Waals surface area contributed by atoms with Crippen molar-refractivity contribution in [2.75, 3.05) is 26.1 Å². The van der Waals surface area contributed by atoms with Crippen molar-refractivity contribution in [3.05, 3.63) is 46.4 Å². The van der Waals surface area contributed by atoms with Gasteiger partial charge in [-0.3, -0.25) is 4.79 Å². The maximum absolute atomic E-state index is 11.9. The third-order valence-corrected chi connectivity index (χ3v) is 3.67. The van der Waals surface area contributed by atoms with E-state index in [1.807, 2.05) is 0 Å². The quantitative estimate of drug-likeness (QED) is 0.712. The number of hydrogen-bond acceptors (Lipinski definition) is 6. The van der Waals surface area contributed by atoms with E-state index in [9.17, 15) is 14.7 Å². The average Bonchev–Trinajstić information content (AvgIpc) is 2.61. The number of phenols is 1. The van der Waals surface area contributed by atoms with Crippen LogP contribution in [0.1, 0.15) is 10.4 Å². The van der Waals surface area contributed by atoms with Gasteiger partial charge in [0.15, 0.2) is 18.1 Å². The monoisotopic (exact) mass is 409 g/mol. The van der Waals surface area contributed by atoms with Crippen molar-refractivity contribution in [3.8, 4) is 17.2 Å². The molecule has 0 atom stereocenters. The molecule has 0 spiro atoms. The van der Waals surface area contributed by atoms with E-state index in [1.54, 1.807) is 24.3 Å². The topological polar surface area (TPSA) is 94.1 Å². The standard InChI is InChI=1S/C17H16BrNO6/c1-23-14-6-4-11(8-15(14)24-2)19-16(21)9-25-17(22)12-7-10(18)3-5-13(12)20/h3-8,20H,9H2,1-2H3,(H,19,21). The number of halogens is 1. The van der Waals surface area contributed by atoms with Crippen molar-refractivity contribution in [2.24, 2.45) is 0 Å². The molecular weight excluding hydrogens is 394 g/mol. The molecule has 0 unspecified atom stereocenters. The Morgan fingerprint density at radius 3 is 2.48 bits per heavy atom. The van der Waals surface area contributed by atoms with Gasteiger partial charge in [-0.1, -0.05) is 15.9 Å². The van der Waals surface area contributed by atoms with Crippen LogP contribution >= 0.6 is 15.9 Å². The maximum Gasteiger partial charge on any atom is 0.342 e. The zero-order valence-corrected chi connectivity index (χ0v) is 15.1.